The molecule has 9 heteroatoms. The molecule has 234 valence electrons. The molecule has 0 radical (unpaired) electrons. The summed E-state index contributed by atoms with van der Waals surface area (Å²) in [6.07, 6.45) is 2.56. The summed E-state index contributed by atoms with van der Waals surface area (Å²) in [5.41, 5.74) is -4.81. The van der Waals surface area contributed by atoms with E-state index >= 15 is 0 Å². The van der Waals surface area contributed by atoms with Crippen molar-refractivity contribution in [2.24, 2.45) is 0 Å². The van der Waals surface area contributed by atoms with E-state index in [0.717, 1.165) is 0 Å². The van der Waals surface area contributed by atoms with Crippen LogP contribution in [0.25, 0.3) is 0 Å². The van der Waals surface area contributed by atoms with Crippen molar-refractivity contribution in [2.75, 3.05) is 5.33 Å². The van der Waals surface area contributed by atoms with Crippen LogP contribution in [0, 0.1) is 0 Å². The number of ether oxygens (including phenoxy) is 3. The molecule has 3 aliphatic rings. The number of carbonyl (C=O) groups is 3. The van der Waals surface area contributed by atoms with Crippen LogP contribution in [0.15, 0.2) is 0 Å². The number of alkyl halides is 1. The summed E-state index contributed by atoms with van der Waals surface area (Å²) >= 11 is 3.11. The van der Waals surface area contributed by atoms with Gasteiger partial charge in [-0.1, -0.05) is 15.9 Å². The summed E-state index contributed by atoms with van der Waals surface area (Å²) in [6, 6.07) is 0. The van der Waals surface area contributed by atoms with Gasteiger partial charge in [-0.3, -0.25) is 14.4 Å². The Balaban J connectivity index is 0.000000304. The molecule has 0 saturated carbocycles. The second kappa shape index (κ2) is 12.1. The van der Waals surface area contributed by atoms with Crippen LogP contribution in [-0.2, 0) is 28.6 Å². The van der Waals surface area contributed by atoms with Crippen molar-refractivity contribution in [3.63, 3.8) is 0 Å². The Hall–Kier alpha value is -0.710. The second-order valence-corrected chi connectivity index (χ2v) is 16.2. The lowest BCUT2D eigenvalue weighted by molar-refractivity contribution is -0.217. The van der Waals surface area contributed by atoms with E-state index in [-0.39, 0.29) is 28.1 Å². The highest BCUT2D eigenvalue weighted by atomic mass is 79.9. The number of hydrogen-bond acceptors (Lipinski definition) is 8. The average Bonchev–Trinajstić information content (AvgIpc) is 2.59. The molecule has 0 unspecified atom stereocenters. The zero-order valence-electron chi connectivity index (χ0n) is 27.2. The van der Waals surface area contributed by atoms with Gasteiger partial charge in [0.1, 0.15) is 17.0 Å². The van der Waals surface area contributed by atoms with E-state index in [4.69, 9.17) is 14.2 Å². The molecular formula is C31H55BrO8. The van der Waals surface area contributed by atoms with Crippen LogP contribution in [0.4, 0.5) is 0 Å². The van der Waals surface area contributed by atoms with Gasteiger partial charge in [-0.05, 0) is 90.0 Å². The number of Topliss-reactive ketones (excluding diaryl/α,β-unsaturated/α-hetero) is 3. The summed E-state index contributed by atoms with van der Waals surface area (Å²) < 4.78 is 17.3. The molecule has 0 amide bonds. The summed E-state index contributed by atoms with van der Waals surface area (Å²) in [5.74, 6) is -0.0137. The van der Waals surface area contributed by atoms with Crippen molar-refractivity contribution in [2.45, 2.75) is 173 Å². The van der Waals surface area contributed by atoms with Gasteiger partial charge < -0.3 is 24.4 Å². The number of aliphatic hydroxyl groups is 2. The Kier molecular flexibility index (Phi) is 11.3. The van der Waals surface area contributed by atoms with Crippen molar-refractivity contribution < 1.29 is 38.8 Å². The lowest BCUT2D eigenvalue weighted by Gasteiger charge is -2.48. The minimum Gasteiger partial charge on any atom is -0.382 e. The maximum absolute atomic E-state index is 11.7. The summed E-state index contributed by atoms with van der Waals surface area (Å²) in [6.45, 7) is 24.5. The van der Waals surface area contributed by atoms with E-state index in [1.807, 2.05) is 83.1 Å². The minimum atomic E-state index is -1.26. The standard InChI is InChI=1S/C11H19BrO3.C11H20O3.C9H16O2/c1-9(2)6-11(14,8(13)5-12)7-10(3,4)15-9;1-8(12)11(13)6-9(2,3)14-10(4,5)7-11;1-8(2)5-7(10)6-9(3,4)11-8/h14H,5-7H2,1-4H3;13H,6-7H2,1-5H3;5-6H2,1-4H3. The maximum Gasteiger partial charge on any atom is 0.175 e. The van der Waals surface area contributed by atoms with Gasteiger partial charge in [0.15, 0.2) is 11.6 Å². The van der Waals surface area contributed by atoms with Gasteiger partial charge in [-0.25, -0.2) is 0 Å². The highest BCUT2D eigenvalue weighted by Crippen LogP contribution is 2.42. The lowest BCUT2D eigenvalue weighted by Crippen LogP contribution is -2.57. The number of halogens is 1. The van der Waals surface area contributed by atoms with Crippen molar-refractivity contribution in [3.05, 3.63) is 0 Å². The van der Waals surface area contributed by atoms with E-state index in [2.05, 4.69) is 15.9 Å². The van der Waals surface area contributed by atoms with Crippen LogP contribution in [0.5, 0.6) is 0 Å². The normalized spacial score (nSPS) is 28.1. The van der Waals surface area contributed by atoms with Crippen LogP contribution >= 0.6 is 15.9 Å². The van der Waals surface area contributed by atoms with Crippen LogP contribution in [0.1, 0.15) is 129 Å². The first-order chi connectivity index (χ1) is 17.5. The van der Waals surface area contributed by atoms with Crippen molar-refractivity contribution in [3.8, 4) is 0 Å². The molecule has 8 nitrogen and oxygen atoms in total. The zero-order valence-corrected chi connectivity index (χ0v) is 28.8. The number of ketones is 3. The minimum absolute atomic E-state index is 0.160. The third kappa shape index (κ3) is 11.5. The molecule has 3 saturated heterocycles. The molecule has 0 aromatic rings. The number of hydrogen-bond donors (Lipinski definition) is 2. The first-order valence-corrected chi connectivity index (χ1v) is 15.3. The highest BCUT2D eigenvalue weighted by Gasteiger charge is 2.51. The van der Waals surface area contributed by atoms with E-state index < -0.39 is 33.6 Å². The van der Waals surface area contributed by atoms with Crippen molar-refractivity contribution in [1.29, 1.82) is 0 Å². The fourth-order valence-electron chi connectivity index (χ4n) is 6.99. The van der Waals surface area contributed by atoms with Gasteiger partial charge in [0, 0.05) is 38.5 Å². The summed E-state index contributed by atoms with van der Waals surface area (Å²) in [5, 5.41) is 20.7. The molecule has 3 aliphatic heterocycles. The van der Waals surface area contributed by atoms with Crippen molar-refractivity contribution in [1.82, 2.24) is 0 Å². The van der Waals surface area contributed by atoms with Gasteiger partial charge in [0.25, 0.3) is 0 Å². The molecule has 0 spiro atoms. The molecule has 0 aliphatic carbocycles. The van der Waals surface area contributed by atoms with E-state index in [0.29, 0.717) is 44.3 Å². The van der Waals surface area contributed by atoms with Crippen molar-refractivity contribution >= 4 is 33.3 Å². The van der Waals surface area contributed by atoms with Crippen LogP contribution in [-0.4, -0.2) is 77.7 Å². The topological polar surface area (TPSA) is 119 Å². The Bertz CT molecular complexity index is 895. The van der Waals surface area contributed by atoms with Gasteiger partial charge in [0.2, 0.25) is 0 Å². The third-order valence-electron chi connectivity index (χ3n) is 7.07. The lowest BCUT2D eigenvalue weighted by atomic mass is 9.75. The number of rotatable bonds is 3. The Morgan fingerprint density at radius 2 is 0.900 bits per heavy atom. The largest absolute Gasteiger partial charge is 0.382 e. The third-order valence-corrected chi connectivity index (χ3v) is 7.58. The van der Waals surface area contributed by atoms with Gasteiger partial charge >= 0.3 is 0 Å². The zero-order chi connectivity index (χ0) is 31.8. The molecule has 3 rings (SSSR count). The predicted octanol–water partition coefficient (Wildman–Crippen LogP) is 5.65. The van der Waals surface area contributed by atoms with E-state index in [9.17, 15) is 24.6 Å². The average molecular weight is 636 g/mol. The first-order valence-electron chi connectivity index (χ1n) is 14.1. The number of carbonyl (C=O) groups excluding carboxylic acids is 3. The molecule has 3 heterocycles. The van der Waals surface area contributed by atoms with Crippen LogP contribution in [0.2, 0.25) is 0 Å². The SMILES string of the molecule is CC(=O)C1(O)CC(C)(C)OC(C)(C)C1.CC1(C)CC(=O)CC(C)(C)O1.CC1(C)CC(O)(C(=O)CBr)CC(C)(C)O1. The molecule has 3 fully saturated rings. The van der Waals surface area contributed by atoms with E-state index in [1.165, 1.54) is 6.92 Å². The maximum atomic E-state index is 11.7. The van der Waals surface area contributed by atoms with Gasteiger partial charge in [-0.15, -0.1) is 0 Å². The highest BCUT2D eigenvalue weighted by molar-refractivity contribution is 9.09. The fourth-order valence-corrected chi connectivity index (χ4v) is 7.51. The predicted molar refractivity (Wildman–Crippen MR) is 160 cm³/mol. The summed E-state index contributed by atoms with van der Waals surface area (Å²) in [7, 11) is 0. The first kappa shape index (κ1) is 37.3. The second-order valence-electron chi connectivity index (χ2n) is 15.6. The Morgan fingerprint density at radius 3 is 1.15 bits per heavy atom. The molecular weight excluding hydrogens is 580 g/mol. The monoisotopic (exact) mass is 634 g/mol. The van der Waals surface area contributed by atoms with Gasteiger partial charge in [0.05, 0.1) is 38.9 Å². The van der Waals surface area contributed by atoms with Crippen LogP contribution in [0.3, 0.4) is 0 Å². The molecule has 0 atom stereocenters. The fraction of sp³-hybridized carbons (Fsp3) is 0.903. The summed E-state index contributed by atoms with van der Waals surface area (Å²) in [4.78, 5) is 34.3. The van der Waals surface area contributed by atoms with Crippen LogP contribution < -0.4 is 0 Å². The Labute approximate surface area is 250 Å². The smallest absolute Gasteiger partial charge is 0.175 e. The molecule has 0 aromatic heterocycles. The van der Waals surface area contributed by atoms with Gasteiger partial charge in [-0.2, -0.15) is 0 Å². The molecule has 2 N–H and O–H groups in total. The Morgan fingerprint density at radius 1 is 0.625 bits per heavy atom. The molecule has 40 heavy (non-hydrogen) atoms. The molecule has 0 aromatic carbocycles. The van der Waals surface area contributed by atoms with E-state index in [1.54, 1.807) is 0 Å². The quantitative estimate of drug-likeness (QED) is 0.382. The molecule has 0 bridgehead atoms.